The van der Waals surface area contributed by atoms with Crippen LogP contribution in [0.5, 0.6) is 0 Å². The highest BCUT2D eigenvalue weighted by atomic mass is 35.5. The number of nitrogens with one attached hydrogen (secondary N) is 2. The molecular formula is C34H72Cl2N6O4. The summed E-state index contributed by atoms with van der Waals surface area (Å²) >= 11 is 0. The van der Waals surface area contributed by atoms with Crippen LogP contribution in [0.3, 0.4) is 0 Å². The number of carbonyl (C=O) groups excluding carboxylic acids is 2. The van der Waals surface area contributed by atoms with E-state index in [2.05, 4.69) is 62.0 Å². The maximum atomic E-state index is 11.9. The summed E-state index contributed by atoms with van der Waals surface area (Å²) in [4.78, 5) is 32.0. The van der Waals surface area contributed by atoms with Crippen molar-refractivity contribution in [2.24, 2.45) is 10.8 Å². The first-order valence-electron chi connectivity index (χ1n) is 17.0. The highest BCUT2D eigenvalue weighted by molar-refractivity contribution is 5.85. The second-order valence-electron chi connectivity index (χ2n) is 16.7. The van der Waals surface area contributed by atoms with Crippen molar-refractivity contribution < 1.29 is 19.1 Å². The average molecular weight is 700 g/mol. The van der Waals surface area contributed by atoms with E-state index < -0.39 is 5.60 Å². The second-order valence-corrected chi connectivity index (χ2v) is 16.7. The van der Waals surface area contributed by atoms with Gasteiger partial charge in [0, 0.05) is 78.5 Å². The summed E-state index contributed by atoms with van der Waals surface area (Å²) < 4.78 is 10.6. The Morgan fingerprint density at radius 2 is 0.804 bits per heavy atom. The zero-order valence-electron chi connectivity index (χ0n) is 31.6. The molecule has 12 heteroatoms. The lowest BCUT2D eigenvalue weighted by atomic mass is 9.92. The number of carbonyl (C=O) groups is 2. The molecule has 0 spiro atoms. The van der Waals surface area contributed by atoms with E-state index >= 15 is 0 Å². The van der Waals surface area contributed by atoms with E-state index in [1.54, 1.807) is 4.90 Å². The Labute approximate surface area is 295 Å². The van der Waals surface area contributed by atoms with Gasteiger partial charge in [-0.2, -0.15) is 0 Å². The van der Waals surface area contributed by atoms with E-state index in [4.69, 9.17) is 9.47 Å². The van der Waals surface area contributed by atoms with Crippen LogP contribution >= 0.6 is 24.8 Å². The summed E-state index contributed by atoms with van der Waals surface area (Å²) in [5, 5.41) is 6.55. The molecule has 46 heavy (non-hydrogen) atoms. The molecule has 10 nitrogen and oxygen atoms in total. The lowest BCUT2D eigenvalue weighted by Gasteiger charge is -2.36. The van der Waals surface area contributed by atoms with E-state index in [0.717, 1.165) is 58.9 Å². The van der Waals surface area contributed by atoms with Crippen molar-refractivity contribution >= 4 is 37.0 Å². The van der Waals surface area contributed by atoms with Crippen molar-refractivity contribution in [3.05, 3.63) is 0 Å². The zero-order chi connectivity index (χ0) is 33.6. The first kappa shape index (κ1) is 47.1. The molecule has 0 radical (unpaired) electrons. The molecule has 0 aliphatic carbocycles. The number of hydrogen-bond acceptors (Lipinski definition) is 8. The van der Waals surface area contributed by atoms with Gasteiger partial charge >= 0.3 is 12.2 Å². The molecule has 3 saturated heterocycles. The minimum absolute atomic E-state index is 0. The molecule has 0 unspecified atom stereocenters. The zero-order valence-corrected chi connectivity index (χ0v) is 33.2. The van der Waals surface area contributed by atoms with E-state index in [9.17, 15) is 9.59 Å². The van der Waals surface area contributed by atoms with E-state index in [1.165, 1.54) is 45.6 Å². The van der Waals surface area contributed by atoms with Gasteiger partial charge in [0.2, 0.25) is 0 Å². The molecule has 3 fully saturated rings. The molecule has 0 saturated carbocycles. The fourth-order valence-corrected chi connectivity index (χ4v) is 4.58. The smallest absolute Gasteiger partial charge is 0.410 e. The van der Waals surface area contributed by atoms with Crippen molar-refractivity contribution in [1.29, 1.82) is 0 Å². The fourth-order valence-electron chi connectivity index (χ4n) is 4.58. The summed E-state index contributed by atoms with van der Waals surface area (Å²) in [5.74, 6) is 0. The molecule has 0 atom stereocenters. The summed E-state index contributed by atoms with van der Waals surface area (Å²) in [7, 11) is 0. The van der Waals surface area contributed by atoms with Crippen molar-refractivity contribution in [3.63, 3.8) is 0 Å². The van der Waals surface area contributed by atoms with Crippen LogP contribution in [0, 0.1) is 10.8 Å². The monoisotopic (exact) mass is 698 g/mol. The topological polar surface area (TPSA) is 89.6 Å². The predicted octanol–water partition coefficient (Wildman–Crippen LogP) is 5.97. The van der Waals surface area contributed by atoms with Crippen LogP contribution in [-0.4, -0.2) is 135 Å². The summed E-state index contributed by atoms with van der Waals surface area (Å²) in [6, 6.07) is 0. The summed E-state index contributed by atoms with van der Waals surface area (Å²) in [6.45, 7) is 39.0. The number of rotatable bonds is 4. The number of nitrogens with zero attached hydrogens (tertiary/aromatic N) is 4. The van der Waals surface area contributed by atoms with Crippen LogP contribution in [0.2, 0.25) is 0 Å². The first-order chi connectivity index (χ1) is 20.1. The molecule has 3 aliphatic rings. The molecule has 2 N–H and O–H groups in total. The van der Waals surface area contributed by atoms with Crippen molar-refractivity contribution in [1.82, 2.24) is 30.2 Å². The average Bonchev–Trinajstić information content (AvgIpc) is 2.90. The van der Waals surface area contributed by atoms with Crippen LogP contribution < -0.4 is 10.6 Å². The lowest BCUT2D eigenvalue weighted by molar-refractivity contribution is 0.0136. The molecule has 0 aromatic rings. The summed E-state index contributed by atoms with van der Waals surface area (Å²) in [6.07, 6.45) is 2.13. The maximum Gasteiger partial charge on any atom is 0.410 e. The molecule has 3 aliphatic heterocycles. The van der Waals surface area contributed by atoms with Crippen molar-refractivity contribution in [2.45, 2.75) is 107 Å². The van der Waals surface area contributed by atoms with E-state index in [0.29, 0.717) is 10.8 Å². The number of halogens is 2. The van der Waals surface area contributed by atoms with Gasteiger partial charge in [-0.3, -0.25) is 4.90 Å². The number of hydrogen-bond donors (Lipinski definition) is 2. The Kier molecular flexibility index (Phi) is 22.3. The van der Waals surface area contributed by atoms with Gasteiger partial charge in [-0.1, -0.05) is 41.5 Å². The van der Waals surface area contributed by atoms with Gasteiger partial charge in [0.15, 0.2) is 0 Å². The van der Waals surface area contributed by atoms with Crippen LogP contribution in [0.25, 0.3) is 0 Å². The first-order valence-corrected chi connectivity index (χ1v) is 17.0. The molecule has 3 rings (SSSR count). The Balaban J connectivity index is 0. The normalized spacial score (nSPS) is 18.4. The molecule has 0 aromatic carbocycles. The Bertz CT molecular complexity index is 817. The fraction of sp³-hybridized carbons (Fsp3) is 0.941. The van der Waals surface area contributed by atoms with Gasteiger partial charge in [0.25, 0.3) is 0 Å². The third kappa shape index (κ3) is 25.0. The minimum atomic E-state index is -0.402. The van der Waals surface area contributed by atoms with Crippen LogP contribution in [0.15, 0.2) is 0 Å². The highest BCUT2D eigenvalue weighted by Gasteiger charge is 2.26. The SMILES string of the molecule is CC(C)(C)CCN1CCN(C(=O)OC(C)(C)C)CC1.CC(C)(C)CCN1CCNCC1.CC(C)(C)OC(=O)N1CCNCC1.Cl.Cl. The molecule has 0 aromatic heterocycles. The number of piperazine rings is 3. The van der Waals surface area contributed by atoms with Gasteiger partial charge in [-0.05, 0) is 78.3 Å². The van der Waals surface area contributed by atoms with Gasteiger partial charge in [-0.15, -0.1) is 24.8 Å². The standard InChI is InChI=1S/C15H30N2O2.C10H22N2.C9H18N2O2.2ClH/c1-14(2,3)7-8-16-9-11-17(12-10-16)13(18)19-15(4,5)6;1-10(2,3)4-7-12-8-5-11-6-9-12;1-9(2,3)13-8(12)11-6-4-10-5-7-11;;/h7-12H2,1-6H3;11H,4-9H2,1-3H3;10H,4-7H2,1-3H3;2*1H. The Hall–Kier alpha value is -1.04. The molecule has 2 amide bonds. The summed E-state index contributed by atoms with van der Waals surface area (Å²) in [5.41, 5.74) is 0.0790. The van der Waals surface area contributed by atoms with Crippen molar-refractivity contribution in [2.75, 3.05) is 91.6 Å². The largest absolute Gasteiger partial charge is 0.444 e. The van der Waals surface area contributed by atoms with Crippen LogP contribution in [0.4, 0.5) is 9.59 Å². The highest BCUT2D eigenvalue weighted by Crippen LogP contribution is 2.20. The van der Waals surface area contributed by atoms with Gasteiger partial charge in [0.05, 0.1) is 0 Å². The van der Waals surface area contributed by atoms with E-state index in [-0.39, 0.29) is 42.6 Å². The van der Waals surface area contributed by atoms with Gasteiger partial charge < -0.3 is 34.8 Å². The quantitative estimate of drug-likeness (QED) is 0.371. The lowest BCUT2D eigenvalue weighted by Crippen LogP contribution is -2.50. The van der Waals surface area contributed by atoms with Crippen LogP contribution in [0.1, 0.15) is 95.9 Å². The number of amides is 2. The van der Waals surface area contributed by atoms with Gasteiger partial charge in [0.1, 0.15) is 11.2 Å². The predicted molar refractivity (Wildman–Crippen MR) is 197 cm³/mol. The molecule has 276 valence electrons. The molecular weight excluding hydrogens is 627 g/mol. The third-order valence-electron chi connectivity index (χ3n) is 7.36. The van der Waals surface area contributed by atoms with Crippen LogP contribution in [-0.2, 0) is 9.47 Å². The van der Waals surface area contributed by atoms with Gasteiger partial charge in [-0.25, -0.2) is 9.59 Å². The minimum Gasteiger partial charge on any atom is -0.444 e. The maximum absolute atomic E-state index is 11.9. The number of ether oxygens (including phenoxy) is 2. The second kappa shape index (κ2) is 21.8. The third-order valence-corrected chi connectivity index (χ3v) is 7.36. The molecule has 0 bridgehead atoms. The Morgan fingerprint density at radius 3 is 1.13 bits per heavy atom. The molecule has 3 heterocycles. The van der Waals surface area contributed by atoms with E-state index in [1.807, 2.05) is 46.4 Å². The Morgan fingerprint density at radius 1 is 0.500 bits per heavy atom. The van der Waals surface area contributed by atoms with Crippen molar-refractivity contribution in [3.8, 4) is 0 Å².